The zero-order chi connectivity index (χ0) is 17.6. The fraction of sp³-hybridized carbons (Fsp3) is 0.294. The molecule has 1 N–H and O–H groups in total. The number of furan rings is 1. The van der Waals surface area contributed by atoms with Crippen molar-refractivity contribution in [2.75, 3.05) is 0 Å². The van der Waals surface area contributed by atoms with E-state index in [9.17, 15) is 4.79 Å². The zero-order valence-electron chi connectivity index (χ0n) is 13.9. The molecule has 0 aromatic carbocycles. The van der Waals surface area contributed by atoms with Crippen LogP contribution in [0, 0.1) is 0 Å². The number of carbonyl (C=O) groups is 1. The first-order valence-corrected chi connectivity index (χ1v) is 8.82. The van der Waals surface area contributed by atoms with Crippen LogP contribution in [0.4, 0.5) is 0 Å². The summed E-state index contributed by atoms with van der Waals surface area (Å²) in [6.45, 7) is 4.33. The van der Waals surface area contributed by atoms with E-state index in [4.69, 9.17) is 8.94 Å². The molecule has 0 unspecified atom stereocenters. The summed E-state index contributed by atoms with van der Waals surface area (Å²) in [5, 5.41) is 7.37. The Morgan fingerprint density at radius 1 is 1.28 bits per heavy atom. The number of nitrogens with one attached hydrogen (secondary N) is 1. The van der Waals surface area contributed by atoms with Gasteiger partial charge in [0.25, 0.3) is 5.91 Å². The summed E-state index contributed by atoms with van der Waals surface area (Å²) in [4.78, 5) is 20.4. The lowest BCUT2D eigenvalue weighted by molar-refractivity contribution is 0.0921. The van der Waals surface area contributed by atoms with Crippen LogP contribution in [0.3, 0.4) is 0 Å². The molecule has 25 heavy (non-hydrogen) atoms. The number of nitrogens with zero attached hydrogens (tertiary/aromatic N) is 3. The third-order valence-electron chi connectivity index (χ3n) is 3.35. The van der Waals surface area contributed by atoms with Crippen molar-refractivity contribution in [2.45, 2.75) is 37.2 Å². The molecule has 0 saturated heterocycles. The minimum absolute atomic E-state index is 0.260. The fourth-order valence-corrected chi connectivity index (χ4v) is 2.71. The largest absolute Gasteiger partial charge is 0.455 e. The van der Waals surface area contributed by atoms with Gasteiger partial charge in [-0.3, -0.25) is 4.79 Å². The Balaban J connectivity index is 1.51. The van der Waals surface area contributed by atoms with E-state index in [0.717, 1.165) is 5.76 Å². The molecular formula is C17H18N4O3S. The van der Waals surface area contributed by atoms with Crippen LogP contribution in [0.5, 0.6) is 0 Å². The fourth-order valence-electron chi connectivity index (χ4n) is 2.01. The Morgan fingerprint density at radius 2 is 2.08 bits per heavy atom. The van der Waals surface area contributed by atoms with Crippen LogP contribution in [-0.4, -0.2) is 21.0 Å². The van der Waals surface area contributed by atoms with Gasteiger partial charge in [-0.15, -0.1) is 0 Å². The van der Waals surface area contributed by atoms with Crippen molar-refractivity contribution in [3.63, 3.8) is 0 Å². The van der Waals surface area contributed by atoms with Gasteiger partial charge in [0.15, 0.2) is 10.9 Å². The van der Waals surface area contributed by atoms with Crippen LogP contribution in [0.2, 0.25) is 0 Å². The summed E-state index contributed by atoms with van der Waals surface area (Å²) in [5.74, 6) is 2.27. The first-order chi connectivity index (χ1) is 12.1. The summed E-state index contributed by atoms with van der Waals surface area (Å²) < 4.78 is 10.8. The molecule has 0 fully saturated rings. The SMILES string of the molecule is CC(C)c1cc(CNC(=O)c2ccc(CSc3ncccn3)o2)no1. The molecule has 0 saturated carbocycles. The first-order valence-electron chi connectivity index (χ1n) is 7.84. The average molecular weight is 358 g/mol. The number of hydrogen-bond acceptors (Lipinski definition) is 7. The predicted molar refractivity (Wildman–Crippen MR) is 92.1 cm³/mol. The highest BCUT2D eigenvalue weighted by atomic mass is 32.2. The molecule has 0 aliphatic heterocycles. The Kier molecular flexibility index (Phi) is 5.49. The number of carbonyl (C=O) groups excluding carboxylic acids is 1. The molecule has 0 atom stereocenters. The molecule has 1 amide bonds. The molecule has 0 radical (unpaired) electrons. The lowest BCUT2D eigenvalue weighted by Gasteiger charge is -2.00. The second kappa shape index (κ2) is 7.98. The highest BCUT2D eigenvalue weighted by molar-refractivity contribution is 7.98. The molecule has 0 spiro atoms. The standard InChI is InChI=1S/C17H18N4O3S/c1-11(2)15-8-12(21-24-15)9-20-16(22)14-5-4-13(23-14)10-25-17-18-6-3-7-19-17/h3-8,11H,9-10H2,1-2H3,(H,20,22). The summed E-state index contributed by atoms with van der Waals surface area (Å²) in [5.41, 5.74) is 0.681. The summed E-state index contributed by atoms with van der Waals surface area (Å²) in [7, 11) is 0. The minimum Gasteiger partial charge on any atom is -0.455 e. The number of hydrogen-bond donors (Lipinski definition) is 1. The van der Waals surface area contributed by atoms with E-state index in [-0.39, 0.29) is 24.1 Å². The molecule has 0 aliphatic rings. The highest BCUT2D eigenvalue weighted by Crippen LogP contribution is 2.20. The zero-order valence-corrected chi connectivity index (χ0v) is 14.7. The van der Waals surface area contributed by atoms with Crippen LogP contribution in [-0.2, 0) is 12.3 Å². The molecule has 3 aromatic heterocycles. The molecular weight excluding hydrogens is 340 g/mol. The van der Waals surface area contributed by atoms with Gasteiger partial charge in [-0.1, -0.05) is 30.8 Å². The van der Waals surface area contributed by atoms with Crippen LogP contribution in [0.25, 0.3) is 0 Å². The van der Waals surface area contributed by atoms with Crippen LogP contribution < -0.4 is 5.32 Å². The second-order valence-corrected chi connectivity index (χ2v) is 6.59. The smallest absolute Gasteiger partial charge is 0.287 e. The monoisotopic (exact) mass is 358 g/mol. The number of rotatable bonds is 7. The van der Waals surface area contributed by atoms with Gasteiger partial charge in [-0.25, -0.2) is 9.97 Å². The Labute approximate surface area is 149 Å². The summed E-state index contributed by atoms with van der Waals surface area (Å²) >= 11 is 1.44. The van der Waals surface area contributed by atoms with Gasteiger partial charge in [0.05, 0.1) is 12.3 Å². The number of thioether (sulfide) groups is 1. The van der Waals surface area contributed by atoms with E-state index >= 15 is 0 Å². The van der Waals surface area contributed by atoms with Crippen molar-refractivity contribution in [1.82, 2.24) is 20.4 Å². The van der Waals surface area contributed by atoms with Gasteiger partial charge in [0, 0.05) is 24.4 Å². The van der Waals surface area contributed by atoms with Crippen molar-refractivity contribution in [3.05, 3.63) is 59.6 Å². The molecule has 0 bridgehead atoms. The predicted octanol–water partition coefficient (Wildman–Crippen LogP) is 3.40. The molecule has 0 aliphatic carbocycles. The third-order valence-corrected chi connectivity index (χ3v) is 4.25. The maximum absolute atomic E-state index is 12.2. The van der Waals surface area contributed by atoms with Gasteiger partial charge in [0.1, 0.15) is 17.2 Å². The average Bonchev–Trinajstić information content (AvgIpc) is 3.28. The van der Waals surface area contributed by atoms with E-state index in [2.05, 4.69) is 20.4 Å². The lowest BCUT2D eigenvalue weighted by atomic mass is 10.1. The van der Waals surface area contributed by atoms with E-state index in [0.29, 0.717) is 22.4 Å². The van der Waals surface area contributed by atoms with Crippen LogP contribution in [0.15, 0.2) is 50.8 Å². The van der Waals surface area contributed by atoms with Crippen molar-refractivity contribution in [2.24, 2.45) is 0 Å². The van der Waals surface area contributed by atoms with Crippen LogP contribution in [0.1, 0.15) is 47.5 Å². The lowest BCUT2D eigenvalue weighted by Crippen LogP contribution is -2.22. The molecule has 130 valence electrons. The quantitative estimate of drug-likeness (QED) is 0.511. The summed E-state index contributed by atoms with van der Waals surface area (Å²) in [6.07, 6.45) is 3.37. The normalized spacial score (nSPS) is 11.0. The summed E-state index contributed by atoms with van der Waals surface area (Å²) in [6, 6.07) is 7.03. The van der Waals surface area contributed by atoms with Crippen molar-refractivity contribution >= 4 is 17.7 Å². The van der Waals surface area contributed by atoms with E-state index in [1.807, 2.05) is 19.9 Å². The van der Waals surface area contributed by atoms with Gasteiger partial charge in [-0.05, 0) is 18.2 Å². The Hall–Kier alpha value is -2.61. The first kappa shape index (κ1) is 17.2. The van der Waals surface area contributed by atoms with Crippen molar-refractivity contribution < 1.29 is 13.7 Å². The van der Waals surface area contributed by atoms with Gasteiger partial charge >= 0.3 is 0 Å². The van der Waals surface area contributed by atoms with Crippen molar-refractivity contribution in [3.8, 4) is 0 Å². The van der Waals surface area contributed by atoms with Crippen molar-refractivity contribution in [1.29, 1.82) is 0 Å². The third kappa shape index (κ3) is 4.69. The van der Waals surface area contributed by atoms with E-state index in [1.165, 1.54) is 11.8 Å². The maximum atomic E-state index is 12.2. The van der Waals surface area contributed by atoms with Gasteiger partial charge in [0.2, 0.25) is 0 Å². The number of amides is 1. The van der Waals surface area contributed by atoms with Gasteiger partial charge in [-0.2, -0.15) is 0 Å². The van der Waals surface area contributed by atoms with E-state index < -0.39 is 0 Å². The minimum atomic E-state index is -0.290. The molecule has 8 heteroatoms. The topological polar surface area (TPSA) is 94.1 Å². The Bertz CT molecular complexity index is 829. The highest BCUT2D eigenvalue weighted by Gasteiger charge is 2.13. The molecule has 3 heterocycles. The van der Waals surface area contributed by atoms with Crippen LogP contribution >= 0.6 is 11.8 Å². The number of aromatic nitrogens is 3. The van der Waals surface area contributed by atoms with Gasteiger partial charge < -0.3 is 14.3 Å². The maximum Gasteiger partial charge on any atom is 0.287 e. The second-order valence-electron chi connectivity index (χ2n) is 5.64. The van der Waals surface area contributed by atoms with E-state index in [1.54, 1.807) is 30.6 Å². The molecule has 7 nitrogen and oxygen atoms in total. The molecule has 3 aromatic rings. The Morgan fingerprint density at radius 3 is 2.80 bits per heavy atom. The molecule has 3 rings (SSSR count).